The van der Waals surface area contributed by atoms with E-state index in [0.717, 1.165) is 0 Å². The van der Waals surface area contributed by atoms with Gasteiger partial charge < -0.3 is 9.05 Å². The Morgan fingerprint density at radius 2 is 1.45 bits per heavy atom. The number of rotatable bonds is 10. The molecule has 3 rings (SSSR count). The van der Waals surface area contributed by atoms with Crippen molar-refractivity contribution in [2.75, 3.05) is 6.61 Å². The number of hydrogen-bond donors (Lipinski definition) is 0. The summed E-state index contributed by atoms with van der Waals surface area (Å²) in [4.78, 5) is 0. The molecule has 2 atom stereocenters. The lowest BCUT2D eigenvalue weighted by molar-refractivity contribution is 0.0981. The third kappa shape index (κ3) is 5.78. The highest BCUT2D eigenvalue weighted by atomic mass is 33.1. The van der Waals surface area contributed by atoms with Gasteiger partial charge in [0.05, 0.1) is 19.1 Å². The Hall–Kier alpha value is -1.06. The van der Waals surface area contributed by atoms with E-state index in [4.69, 9.17) is 14.3 Å². The summed E-state index contributed by atoms with van der Waals surface area (Å²) >= 11 is 0. The fourth-order valence-electron chi connectivity index (χ4n) is 4.27. The first-order chi connectivity index (χ1) is 15.7. The number of benzene rings is 2. The highest BCUT2D eigenvalue weighted by Crippen LogP contribution is 2.68. The molecule has 1 aliphatic heterocycles. The molecule has 0 spiro atoms. The molecule has 0 amide bonds. The van der Waals surface area contributed by atoms with Crippen LogP contribution in [0.25, 0.3) is 0 Å². The lowest BCUT2D eigenvalue weighted by atomic mass is 9.80. The third-order valence-corrected chi connectivity index (χ3v) is 11.7. The molecule has 1 saturated heterocycles. The molecule has 4 nitrogen and oxygen atoms in total. The molecule has 7 heteroatoms. The van der Waals surface area contributed by atoms with Gasteiger partial charge in [0.25, 0.3) is 8.53 Å². The third-order valence-electron chi connectivity index (χ3n) is 5.65. The smallest absolute Gasteiger partial charge is 0.259 e. The lowest BCUT2D eigenvalue weighted by Gasteiger charge is -2.43. The number of nitrogens with zero attached hydrogens (tertiary/aromatic N) is 2. The van der Waals surface area contributed by atoms with Gasteiger partial charge in [-0.1, -0.05) is 82.3 Å². The van der Waals surface area contributed by atoms with E-state index >= 15 is 0 Å². The molecule has 2 aromatic carbocycles. The molecule has 0 aliphatic carbocycles. The van der Waals surface area contributed by atoms with Crippen molar-refractivity contribution in [3.8, 4) is 6.07 Å². The summed E-state index contributed by atoms with van der Waals surface area (Å²) in [5.74, 6) is 0. The molecule has 0 saturated carbocycles. The zero-order valence-corrected chi connectivity index (χ0v) is 22.9. The molecule has 0 N–H and O–H groups in total. The Morgan fingerprint density at radius 1 is 0.939 bits per heavy atom. The lowest BCUT2D eigenvalue weighted by Crippen LogP contribution is -2.46. The second-order valence-corrected chi connectivity index (χ2v) is 13.7. The molecule has 1 heterocycles. The summed E-state index contributed by atoms with van der Waals surface area (Å²) in [6.45, 7) is 13.6. The maximum Gasteiger partial charge on any atom is 0.259 e. The van der Waals surface area contributed by atoms with Gasteiger partial charge in [-0.2, -0.15) is 5.26 Å². The average Bonchev–Trinajstić information content (AvgIpc) is 3.06. The molecule has 2 unspecified atom stereocenters. The standard InChI is InChI=1S/C26H35N2O2PS2/c1-20(2)28(21(3)4)31(29-19-13-18-27)30-24-25(5,6)32-33-26(24,22-14-9-7-10-15-22)23-16-11-8-12-17-23/h7-12,14-17,20-21,24H,13,19H2,1-6H3. The van der Waals surface area contributed by atoms with Gasteiger partial charge in [0.2, 0.25) is 0 Å². The van der Waals surface area contributed by atoms with Gasteiger partial charge in [0.1, 0.15) is 10.9 Å². The van der Waals surface area contributed by atoms with E-state index in [1.807, 2.05) is 21.6 Å². The van der Waals surface area contributed by atoms with E-state index < -0.39 is 8.53 Å². The van der Waals surface area contributed by atoms with Crippen molar-refractivity contribution in [2.45, 2.75) is 75.6 Å². The van der Waals surface area contributed by atoms with Crippen LogP contribution in [0, 0.1) is 11.3 Å². The monoisotopic (exact) mass is 502 g/mol. The second-order valence-electron chi connectivity index (χ2n) is 9.27. The minimum atomic E-state index is -1.37. The van der Waals surface area contributed by atoms with Gasteiger partial charge in [0, 0.05) is 16.8 Å². The van der Waals surface area contributed by atoms with Gasteiger partial charge in [-0.25, -0.2) is 4.67 Å². The minimum absolute atomic E-state index is 0.141. The van der Waals surface area contributed by atoms with E-state index in [9.17, 15) is 0 Å². The van der Waals surface area contributed by atoms with Crippen LogP contribution >= 0.6 is 30.1 Å². The average molecular weight is 503 g/mol. The first-order valence-corrected chi connectivity index (χ1v) is 14.7. The van der Waals surface area contributed by atoms with Gasteiger partial charge in [-0.05, 0) is 52.7 Å². The highest BCUT2D eigenvalue weighted by molar-refractivity contribution is 8.78. The van der Waals surface area contributed by atoms with Crippen molar-refractivity contribution in [2.24, 2.45) is 0 Å². The van der Waals surface area contributed by atoms with Crippen LogP contribution in [0.15, 0.2) is 60.7 Å². The topological polar surface area (TPSA) is 45.5 Å². The highest BCUT2D eigenvalue weighted by Gasteiger charge is 2.59. The summed E-state index contributed by atoms with van der Waals surface area (Å²) in [6, 6.07) is 24.1. The van der Waals surface area contributed by atoms with Crippen LogP contribution in [-0.4, -0.2) is 34.2 Å². The van der Waals surface area contributed by atoms with E-state index in [0.29, 0.717) is 13.0 Å². The molecule has 178 valence electrons. The Morgan fingerprint density at radius 3 is 1.91 bits per heavy atom. The SMILES string of the molecule is CC(C)N(C(C)C)P(OCCC#N)OC1C(C)(C)SSC1(c1ccccc1)c1ccccc1. The normalized spacial score (nSPS) is 20.3. The minimum Gasteiger partial charge on any atom is -0.321 e. The zero-order chi connectivity index (χ0) is 24.1. The number of nitriles is 1. The van der Waals surface area contributed by atoms with E-state index in [2.05, 4.69) is 113 Å². The first kappa shape index (κ1) is 26.5. The van der Waals surface area contributed by atoms with Crippen LogP contribution < -0.4 is 0 Å². The predicted octanol–water partition coefficient (Wildman–Crippen LogP) is 7.76. The van der Waals surface area contributed by atoms with Crippen molar-refractivity contribution in [1.29, 1.82) is 5.26 Å². The van der Waals surface area contributed by atoms with Crippen molar-refractivity contribution in [3.05, 3.63) is 71.8 Å². The summed E-state index contributed by atoms with van der Waals surface area (Å²) < 4.78 is 15.2. The Bertz CT molecular complexity index is 871. The fraction of sp³-hybridized carbons (Fsp3) is 0.500. The van der Waals surface area contributed by atoms with Gasteiger partial charge in [0.15, 0.2) is 0 Å². The molecule has 1 aliphatic rings. The molecular weight excluding hydrogens is 467 g/mol. The van der Waals surface area contributed by atoms with Crippen LogP contribution in [0.4, 0.5) is 0 Å². The van der Waals surface area contributed by atoms with E-state index in [-0.39, 0.29) is 27.7 Å². The predicted molar refractivity (Wildman–Crippen MR) is 143 cm³/mol. The van der Waals surface area contributed by atoms with Crippen molar-refractivity contribution < 1.29 is 9.05 Å². The first-order valence-electron chi connectivity index (χ1n) is 11.5. The van der Waals surface area contributed by atoms with Crippen molar-refractivity contribution in [3.63, 3.8) is 0 Å². The van der Waals surface area contributed by atoms with Crippen LogP contribution in [0.2, 0.25) is 0 Å². The Balaban J connectivity index is 2.11. The van der Waals surface area contributed by atoms with Crippen LogP contribution in [0.3, 0.4) is 0 Å². The summed E-state index contributed by atoms with van der Waals surface area (Å²) in [5.41, 5.74) is 2.47. The molecular formula is C26H35N2O2PS2. The van der Waals surface area contributed by atoms with Crippen LogP contribution in [0.1, 0.15) is 59.1 Å². The van der Waals surface area contributed by atoms with E-state index in [1.165, 1.54) is 11.1 Å². The fourth-order valence-corrected chi connectivity index (χ4v) is 10.1. The van der Waals surface area contributed by atoms with Gasteiger partial charge >= 0.3 is 0 Å². The van der Waals surface area contributed by atoms with Crippen molar-refractivity contribution >= 4 is 30.1 Å². The Kier molecular flexibility index (Phi) is 9.31. The molecule has 0 bridgehead atoms. The van der Waals surface area contributed by atoms with Gasteiger partial charge in [-0.3, -0.25) is 0 Å². The molecule has 0 aromatic heterocycles. The summed E-state index contributed by atoms with van der Waals surface area (Å²) in [6.07, 6.45) is 0.213. The van der Waals surface area contributed by atoms with Crippen molar-refractivity contribution in [1.82, 2.24) is 4.67 Å². The zero-order valence-electron chi connectivity index (χ0n) is 20.4. The summed E-state index contributed by atoms with van der Waals surface area (Å²) in [7, 11) is 2.40. The maximum atomic E-state index is 9.10. The molecule has 33 heavy (non-hydrogen) atoms. The molecule has 1 fully saturated rings. The van der Waals surface area contributed by atoms with Crippen LogP contribution in [0.5, 0.6) is 0 Å². The quantitative estimate of drug-likeness (QED) is 0.188. The van der Waals surface area contributed by atoms with E-state index in [1.54, 1.807) is 0 Å². The van der Waals surface area contributed by atoms with Gasteiger partial charge in [-0.15, -0.1) is 0 Å². The maximum absolute atomic E-state index is 9.10. The Labute approximate surface area is 208 Å². The number of hydrogen-bond acceptors (Lipinski definition) is 6. The van der Waals surface area contributed by atoms with Crippen LogP contribution in [-0.2, 0) is 13.8 Å². The second kappa shape index (κ2) is 11.6. The summed E-state index contributed by atoms with van der Waals surface area (Å²) in [5, 5.41) is 9.10. The molecule has 2 aromatic rings. The molecule has 0 radical (unpaired) electrons. The largest absolute Gasteiger partial charge is 0.321 e.